The molecule has 1 atom stereocenters. The van der Waals surface area contributed by atoms with Crippen molar-refractivity contribution >= 4 is 17.0 Å². The van der Waals surface area contributed by atoms with Gasteiger partial charge in [0.05, 0.1) is 18.1 Å². The van der Waals surface area contributed by atoms with Crippen LogP contribution in [-0.4, -0.2) is 16.7 Å². The molecule has 0 saturated heterocycles. The Kier molecular flexibility index (Phi) is 3.45. The predicted molar refractivity (Wildman–Crippen MR) is 74.7 cm³/mol. The summed E-state index contributed by atoms with van der Waals surface area (Å²) >= 11 is 0. The summed E-state index contributed by atoms with van der Waals surface area (Å²) in [4.78, 5) is 4.39. The fourth-order valence-electron chi connectivity index (χ4n) is 1.94. The molecule has 0 spiro atoms. The van der Waals surface area contributed by atoms with Crippen molar-refractivity contribution in [2.24, 2.45) is 11.8 Å². The van der Waals surface area contributed by atoms with Crippen molar-refractivity contribution in [3.63, 3.8) is 0 Å². The van der Waals surface area contributed by atoms with Gasteiger partial charge in [0.1, 0.15) is 5.75 Å². The highest BCUT2D eigenvalue weighted by Gasteiger charge is 2.14. The Hall–Kier alpha value is -1.71. The van der Waals surface area contributed by atoms with Gasteiger partial charge in [0.25, 0.3) is 0 Å². The smallest absolute Gasteiger partial charge is 0.201 e. The monoisotopic (exact) mass is 247 g/mol. The van der Waals surface area contributed by atoms with Gasteiger partial charge in [-0.05, 0) is 24.0 Å². The van der Waals surface area contributed by atoms with E-state index in [9.17, 15) is 0 Å². The molecule has 1 aromatic heterocycles. The largest absolute Gasteiger partial charge is 0.497 e. The van der Waals surface area contributed by atoms with E-state index >= 15 is 0 Å². The fraction of sp³-hybridized carbons (Fsp3) is 0.500. The van der Waals surface area contributed by atoms with E-state index in [0.717, 1.165) is 23.3 Å². The lowest BCUT2D eigenvalue weighted by molar-refractivity contribution is 0.370. The van der Waals surface area contributed by atoms with Gasteiger partial charge in [0.2, 0.25) is 5.95 Å². The quantitative estimate of drug-likeness (QED) is 0.903. The molecule has 0 fully saturated rings. The van der Waals surface area contributed by atoms with E-state index in [1.807, 2.05) is 18.2 Å². The maximum atomic E-state index is 6.00. The number of hydrogen-bond acceptors (Lipinski definition) is 3. The van der Waals surface area contributed by atoms with E-state index in [0.29, 0.717) is 17.8 Å². The van der Waals surface area contributed by atoms with E-state index in [-0.39, 0.29) is 0 Å². The van der Waals surface area contributed by atoms with Gasteiger partial charge in [-0.3, -0.25) is 0 Å². The van der Waals surface area contributed by atoms with Gasteiger partial charge in [0, 0.05) is 12.6 Å². The zero-order valence-electron chi connectivity index (χ0n) is 11.5. The number of aromatic nitrogens is 2. The number of nitrogens with two attached hydrogens (primary N) is 1. The second-order valence-corrected chi connectivity index (χ2v) is 5.16. The Morgan fingerprint density at radius 2 is 2.06 bits per heavy atom. The number of hydrogen-bond donors (Lipinski definition) is 1. The number of anilines is 1. The Labute approximate surface area is 108 Å². The second kappa shape index (κ2) is 4.88. The summed E-state index contributed by atoms with van der Waals surface area (Å²) in [5.41, 5.74) is 7.97. The molecule has 1 unspecified atom stereocenters. The normalized spacial score (nSPS) is 13.2. The first-order chi connectivity index (χ1) is 8.52. The molecular weight excluding hydrogens is 226 g/mol. The van der Waals surface area contributed by atoms with Crippen LogP contribution in [0.25, 0.3) is 11.0 Å². The lowest BCUT2D eigenvalue weighted by Gasteiger charge is -2.17. The van der Waals surface area contributed by atoms with Crippen molar-refractivity contribution in [2.45, 2.75) is 27.3 Å². The van der Waals surface area contributed by atoms with E-state index in [1.54, 1.807) is 7.11 Å². The van der Waals surface area contributed by atoms with Crippen molar-refractivity contribution in [2.75, 3.05) is 12.8 Å². The fourth-order valence-corrected chi connectivity index (χ4v) is 1.94. The van der Waals surface area contributed by atoms with Crippen molar-refractivity contribution in [1.82, 2.24) is 9.55 Å². The number of methoxy groups -OCH3 is 1. The average molecular weight is 247 g/mol. The van der Waals surface area contributed by atoms with Crippen molar-refractivity contribution in [3.05, 3.63) is 18.2 Å². The van der Waals surface area contributed by atoms with E-state index in [4.69, 9.17) is 10.5 Å². The standard InChI is InChI=1S/C14H21N3O/c1-9(2)10(3)8-17-13-7-11(18-4)5-6-12(13)16-14(17)15/h5-7,9-10H,8H2,1-4H3,(H2,15,16). The molecule has 4 heteroatoms. The van der Waals surface area contributed by atoms with Crippen LogP contribution in [0.15, 0.2) is 18.2 Å². The highest BCUT2D eigenvalue weighted by Crippen LogP contribution is 2.25. The summed E-state index contributed by atoms with van der Waals surface area (Å²) < 4.78 is 7.33. The molecule has 1 aromatic carbocycles. The third-order valence-corrected chi connectivity index (χ3v) is 3.59. The second-order valence-electron chi connectivity index (χ2n) is 5.16. The minimum atomic E-state index is 0.552. The molecule has 0 saturated carbocycles. The number of nitrogens with zero attached hydrogens (tertiary/aromatic N) is 2. The molecule has 2 N–H and O–H groups in total. The van der Waals surface area contributed by atoms with Crippen LogP contribution in [0.2, 0.25) is 0 Å². The minimum absolute atomic E-state index is 0.552. The molecule has 18 heavy (non-hydrogen) atoms. The van der Waals surface area contributed by atoms with E-state index in [1.165, 1.54) is 0 Å². The van der Waals surface area contributed by atoms with Gasteiger partial charge in [-0.1, -0.05) is 20.8 Å². The van der Waals surface area contributed by atoms with Gasteiger partial charge < -0.3 is 15.0 Å². The lowest BCUT2D eigenvalue weighted by Crippen LogP contribution is -2.14. The zero-order valence-corrected chi connectivity index (χ0v) is 11.5. The molecule has 1 heterocycles. The highest BCUT2D eigenvalue weighted by atomic mass is 16.5. The number of imidazole rings is 1. The van der Waals surface area contributed by atoms with Crippen LogP contribution >= 0.6 is 0 Å². The third-order valence-electron chi connectivity index (χ3n) is 3.59. The van der Waals surface area contributed by atoms with Crippen LogP contribution in [-0.2, 0) is 6.54 Å². The van der Waals surface area contributed by atoms with Crippen molar-refractivity contribution in [3.8, 4) is 5.75 Å². The van der Waals surface area contributed by atoms with Gasteiger partial charge in [-0.15, -0.1) is 0 Å². The molecular formula is C14H21N3O. The van der Waals surface area contributed by atoms with E-state index in [2.05, 4.69) is 30.3 Å². The molecule has 98 valence electrons. The van der Waals surface area contributed by atoms with E-state index < -0.39 is 0 Å². The molecule has 2 aromatic rings. The average Bonchev–Trinajstić information content (AvgIpc) is 2.65. The number of fused-ring (bicyclic) bond motifs is 1. The number of benzene rings is 1. The van der Waals surface area contributed by atoms with Gasteiger partial charge in [-0.2, -0.15) is 0 Å². The first kappa shape index (κ1) is 12.7. The van der Waals surface area contributed by atoms with Gasteiger partial charge in [-0.25, -0.2) is 4.98 Å². The maximum Gasteiger partial charge on any atom is 0.201 e. The van der Waals surface area contributed by atoms with Crippen LogP contribution in [0, 0.1) is 11.8 Å². The number of ether oxygens (including phenoxy) is 1. The van der Waals surface area contributed by atoms with Crippen LogP contribution in [0.4, 0.5) is 5.95 Å². The topological polar surface area (TPSA) is 53.1 Å². The summed E-state index contributed by atoms with van der Waals surface area (Å²) in [6.07, 6.45) is 0. The molecule has 0 aliphatic carbocycles. The minimum Gasteiger partial charge on any atom is -0.497 e. The zero-order chi connectivity index (χ0) is 13.3. The first-order valence-electron chi connectivity index (χ1n) is 6.32. The van der Waals surface area contributed by atoms with Crippen LogP contribution in [0.3, 0.4) is 0 Å². The van der Waals surface area contributed by atoms with Gasteiger partial charge in [0.15, 0.2) is 0 Å². The molecule has 0 bridgehead atoms. The summed E-state index contributed by atoms with van der Waals surface area (Å²) in [5.74, 6) is 2.58. The molecule has 2 rings (SSSR count). The summed E-state index contributed by atoms with van der Waals surface area (Å²) in [6, 6.07) is 5.85. The van der Waals surface area contributed by atoms with Crippen LogP contribution < -0.4 is 10.5 Å². The first-order valence-corrected chi connectivity index (χ1v) is 6.32. The number of rotatable bonds is 4. The summed E-state index contributed by atoms with van der Waals surface area (Å²) in [7, 11) is 1.67. The Morgan fingerprint density at radius 3 is 2.67 bits per heavy atom. The van der Waals surface area contributed by atoms with Crippen molar-refractivity contribution < 1.29 is 4.74 Å². The summed E-state index contributed by atoms with van der Waals surface area (Å²) in [6.45, 7) is 7.56. The number of nitrogen functional groups attached to an aromatic ring is 1. The SMILES string of the molecule is COc1ccc2nc(N)n(CC(C)C(C)C)c2c1. The maximum absolute atomic E-state index is 6.00. The summed E-state index contributed by atoms with van der Waals surface area (Å²) in [5, 5.41) is 0. The highest BCUT2D eigenvalue weighted by molar-refractivity contribution is 5.79. The third kappa shape index (κ3) is 2.28. The van der Waals surface area contributed by atoms with Crippen LogP contribution in [0.5, 0.6) is 5.75 Å². The van der Waals surface area contributed by atoms with Gasteiger partial charge >= 0.3 is 0 Å². The molecule has 4 nitrogen and oxygen atoms in total. The van der Waals surface area contributed by atoms with Crippen molar-refractivity contribution in [1.29, 1.82) is 0 Å². The predicted octanol–water partition coefficient (Wildman–Crippen LogP) is 2.92. The Morgan fingerprint density at radius 1 is 1.33 bits per heavy atom. The lowest BCUT2D eigenvalue weighted by atomic mass is 9.98. The van der Waals surface area contributed by atoms with Crippen LogP contribution in [0.1, 0.15) is 20.8 Å². The Balaban J connectivity index is 2.44. The molecule has 0 aliphatic heterocycles. The molecule has 0 aliphatic rings. The molecule has 0 radical (unpaired) electrons. The Bertz CT molecular complexity index is 545. The molecule has 0 amide bonds.